The number of fused-ring (bicyclic) bond motifs is 1. The fourth-order valence-corrected chi connectivity index (χ4v) is 2.99. The Morgan fingerprint density at radius 3 is 2.68 bits per heavy atom. The van der Waals surface area contributed by atoms with Crippen LogP contribution in [-0.2, 0) is 0 Å². The summed E-state index contributed by atoms with van der Waals surface area (Å²) in [5.74, 6) is -2.68. The number of nitro groups is 1. The Morgan fingerprint density at radius 2 is 2.00 bits per heavy atom. The average Bonchev–Trinajstić information content (AvgIpc) is 2.95. The first-order valence-electron chi connectivity index (χ1n) is 6.78. The second kappa shape index (κ2) is 6.40. The zero-order valence-corrected chi connectivity index (χ0v) is 13.4. The Balaban J connectivity index is 1.89. The lowest BCUT2D eigenvalue weighted by atomic mass is 10.2. The third-order valence-electron chi connectivity index (χ3n) is 3.29. The number of carbonyl (C=O) groups excluding carboxylic acids is 1. The van der Waals surface area contributed by atoms with Crippen LogP contribution in [0.25, 0.3) is 10.2 Å². The summed E-state index contributed by atoms with van der Waals surface area (Å²) in [6.45, 7) is 0. The zero-order chi connectivity index (χ0) is 18.1. The summed E-state index contributed by atoms with van der Waals surface area (Å²) in [5.41, 5.74) is -0.146. The SMILES string of the molecule is COc1ccc(C(=O)Nc2nc3cc(F)c(F)cc3s2)cc1[N+](=O)[O-]. The fourth-order valence-electron chi connectivity index (χ4n) is 2.12. The lowest BCUT2D eigenvalue weighted by molar-refractivity contribution is -0.385. The van der Waals surface area contributed by atoms with Crippen molar-refractivity contribution in [3.63, 3.8) is 0 Å². The molecular weight excluding hydrogens is 356 g/mol. The predicted octanol–water partition coefficient (Wildman–Crippen LogP) is 3.74. The standard InChI is InChI=1S/C15H9F2N3O4S/c1-24-12-3-2-7(4-11(12)20(22)23)14(21)19-15-18-10-5-8(16)9(17)6-13(10)25-15/h2-6H,1H3,(H,18,19,21). The Hall–Kier alpha value is -3.14. The number of thiazole rings is 1. The molecule has 0 atom stereocenters. The van der Waals surface area contributed by atoms with E-state index in [0.717, 1.165) is 29.5 Å². The Morgan fingerprint density at radius 1 is 1.28 bits per heavy atom. The molecule has 128 valence electrons. The van der Waals surface area contributed by atoms with Crippen molar-refractivity contribution < 1.29 is 23.2 Å². The van der Waals surface area contributed by atoms with E-state index < -0.39 is 22.5 Å². The number of rotatable bonds is 4. The van der Waals surface area contributed by atoms with Crippen LogP contribution in [0.1, 0.15) is 10.4 Å². The van der Waals surface area contributed by atoms with Gasteiger partial charge in [-0.25, -0.2) is 13.8 Å². The number of hydrogen-bond donors (Lipinski definition) is 1. The average molecular weight is 365 g/mol. The Bertz CT molecular complexity index is 967. The van der Waals surface area contributed by atoms with Crippen molar-refractivity contribution in [1.82, 2.24) is 4.98 Å². The molecule has 0 spiro atoms. The summed E-state index contributed by atoms with van der Waals surface area (Å²) < 4.78 is 31.6. The number of nitro benzene ring substituents is 1. The van der Waals surface area contributed by atoms with Gasteiger partial charge >= 0.3 is 5.69 Å². The van der Waals surface area contributed by atoms with Crippen molar-refractivity contribution in [1.29, 1.82) is 0 Å². The quantitative estimate of drug-likeness (QED) is 0.561. The second-order valence-corrected chi connectivity index (χ2v) is 5.88. The summed E-state index contributed by atoms with van der Waals surface area (Å²) >= 11 is 0.953. The summed E-state index contributed by atoms with van der Waals surface area (Å²) in [4.78, 5) is 26.6. The number of anilines is 1. The maximum absolute atomic E-state index is 13.2. The number of methoxy groups -OCH3 is 1. The third-order valence-corrected chi connectivity index (χ3v) is 4.22. The minimum Gasteiger partial charge on any atom is -0.490 e. The van der Waals surface area contributed by atoms with E-state index in [4.69, 9.17) is 4.74 Å². The highest BCUT2D eigenvalue weighted by Gasteiger charge is 2.19. The van der Waals surface area contributed by atoms with E-state index in [2.05, 4.69) is 10.3 Å². The number of amides is 1. The third kappa shape index (κ3) is 3.24. The van der Waals surface area contributed by atoms with Gasteiger partial charge in [0.2, 0.25) is 0 Å². The molecule has 0 aliphatic heterocycles. The number of ether oxygens (including phenoxy) is 1. The predicted molar refractivity (Wildman–Crippen MR) is 87.1 cm³/mol. The van der Waals surface area contributed by atoms with Crippen molar-refractivity contribution in [2.24, 2.45) is 0 Å². The minimum absolute atomic E-state index is 0.0177. The van der Waals surface area contributed by atoms with Crippen LogP contribution in [0.5, 0.6) is 5.75 Å². The van der Waals surface area contributed by atoms with Crippen molar-refractivity contribution in [3.8, 4) is 5.75 Å². The van der Waals surface area contributed by atoms with Gasteiger partial charge in [-0.05, 0) is 18.2 Å². The molecule has 3 aromatic rings. The first-order valence-corrected chi connectivity index (χ1v) is 7.60. The van der Waals surface area contributed by atoms with Gasteiger partial charge in [0.1, 0.15) is 0 Å². The molecule has 1 aromatic heterocycles. The number of halogens is 2. The van der Waals surface area contributed by atoms with Crippen LogP contribution in [0.4, 0.5) is 19.6 Å². The van der Waals surface area contributed by atoms with Crippen molar-refractivity contribution >= 4 is 38.3 Å². The van der Waals surface area contributed by atoms with Crippen LogP contribution in [0.3, 0.4) is 0 Å². The number of hydrogen-bond acceptors (Lipinski definition) is 6. The maximum Gasteiger partial charge on any atom is 0.311 e. The lowest BCUT2D eigenvalue weighted by Crippen LogP contribution is -2.12. The van der Waals surface area contributed by atoms with E-state index in [-0.39, 0.29) is 27.6 Å². The van der Waals surface area contributed by atoms with Crippen LogP contribution in [0.2, 0.25) is 0 Å². The first-order chi connectivity index (χ1) is 11.9. The van der Waals surface area contributed by atoms with Crippen molar-refractivity contribution in [2.75, 3.05) is 12.4 Å². The molecule has 25 heavy (non-hydrogen) atoms. The molecule has 0 saturated carbocycles. The fraction of sp³-hybridized carbons (Fsp3) is 0.0667. The second-order valence-electron chi connectivity index (χ2n) is 4.85. The molecule has 7 nitrogen and oxygen atoms in total. The van der Waals surface area contributed by atoms with Crippen LogP contribution in [0, 0.1) is 21.7 Å². The zero-order valence-electron chi connectivity index (χ0n) is 12.6. The number of nitrogens with zero attached hydrogens (tertiary/aromatic N) is 2. The number of aromatic nitrogens is 1. The molecular formula is C15H9F2N3O4S. The van der Waals surface area contributed by atoms with Gasteiger partial charge in [-0.15, -0.1) is 0 Å². The van der Waals surface area contributed by atoms with Gasteiger partial charge in [0.15, 0.2) is 22.5 Å². The molecule has 0 unspecified atom stereocenters. The number of carbonyl (C=O) groups is 1. The highest BCUT2D eigenvalue weighted by Crippen LogP contribution is 2.30. The molecule has 3 rings (SSSR count). The molecule has 1 heterocycles. The first kappa shape index (κ1) is 16.7. The minimum atomic E-state index is -1.04. The number of nitrogens with one attached hydrogen (secondary N) is 1. The molecule has 0 fully saturated rings. The van der Waals surface area contributed by atoms with Gasteiger partial charge in [0, 0.05) is 17.7 Å². The maximum atomic E-state index is 13.2. The van der Waals surface area contributed by atoms with Crippen molar-refractivity contribution in [3.05, 3.63) is 57.6 Å². The highest BCUT2D eigenvalue weighted by atomic mass is 32.1. The van der Waals surface area contributed by atoms with E-state index in [1.807, 2.05) is 0 Å². The topological polar surface area (TPSA) is 94.4 Å². The normalized spacial score (nSPS) is 10.7. The van der Waals surface area contributed by atoms with Crippen LogP contribution < -0.4 is 10.1 Å². The molecule has 0 aliphatic rings. The van der Waals surface area contributed by atoms with E-state index in [1.54, 1.807) is 0 Å². The highest BCUT2D eigenvalue weighted by molar-refractivity contribution is 7.22. The molecule has 1 N–H and O–H groups in total. The van der Waals surface area contributed by atoms with Crippen LogP contribution >= 0.6 is 11.3 Å². The van der Waals surface area contributed by atoms with Crippen LogP contribution in [0.15, 0.2) is 30.3 Å². The lowest BCUT2D eigenvalue weighted by Gasteiger charge is -2.04. The smallest absolute Gasteiger partial charge is 0.311 e. The summed E-state index contributed by atoms with van der Waals surface area (Å²) in [7, 11) is 1.28. The van der Waals surface area contributed by atoms with E-state index in [9.17, 15) is 23.7 Å². The largest absolute Gasteiger partial charge is 0.490 e. The summed E-state index contributed by atoms with van der Waals surface area (Å²) in [6, 6.07) is 5.63. The van der Waals surface area contributed by atoms with Gasteiger partial charge in [-0.1, -0.05) is 11.3 Å². The van der Waals surface area contributed by atoms with Gasteiger partial charge in [-0.2, -0.15) is 0 Å². The van der Waals surface area contributed by atoms with Gasteiger partial charge in [0.25, 0.3) is 5.91 Å². The van der Waals surface area contributed by atoms with Gasteiger partial charge in [-0.3, -0.25) is 20.2 Å². The Kier molecular flexibility index (Phi) is 4.28. The number of benzene rings is 2. The molecule has 0 radical (unpaired) electrons. The van der Waals surface area contributed by atoms with Crippen LogP contribution in [-0.4, -0.2) is 22.9 Å². The molecule has 0 aliphatic carbocycles. The Labute approximate surface area is 143 Å². The summed E-state index contributed by atoms with van der Waals surface area (Å²) in [6.07, 6.45) is 0. The molecule has 0 bridgehead atoms. The van der Waals surface area contributed by atoms with E-state index in [0.29, 0.717) is 4.70 Å². The van der Waals surface area contributed by atoms with Crippen molar-refractivity contribution in [2.45, 2.75) is 0 Å². The van der Waals surface area contributed by atoms with Gasteiger partial charge in [0.05, 0.1) is 22.2 Å². The molecule has 1 amide bonds. The molecule has 10 heteroatoms. The molecule has 0 saturated heterocycles. The molecule has 2 aromatic carbocycles. The van der Waals surface area contributed by atoms with E-state index in [1.165, 1.54) is 19.2 Å². The van der Waals surface area contributed by atoms with Gasteiger partial charge < -0.3 is 4.74 Å². The monoisotopic (exact) mass is 365 g/mol. The summed E-state index contributed by atoms with van der Waals surface area (Å²) in [5, 5.41) is 13.6. The van der Waals surface area contributed by atoms with E-state index >= 15 is 0 Å².